The quantitative estimate of drug-likeness (QED) is 0.903. The second-order valence-corrected chi connectivity index (χ2v) is 7.63. The van der Waals surface area contributed by atoms with Crippen LogP contribution in [0.25, 0.3) is 0 Å². The van der Waals surface area contributed by atoms with Gasteiger partial charge in [0.1, 0.15) is 11.5 Å². The molecule has 1 aliphatic heterocycles. The molecule has 4 atom stereocenters. The molecule has 0 radical (unpaired) electrons. The van der Waals surface area contributed by atoms with Crippen molar-refractivity contribution < 1.29 is 9.84 Å². The molecule has 2 aromatic rings. The number of aromatic hydroxyl groups is 1. The lowest BCUT2D eigenvalue weighted by Gasteiger charge is -2.23. The molecule has 2 fully saturated rings. The number of rotatable bonds is 5. The van der Waals surface area contributed by atoms with Crippen molar-refractivity contribution in [3.05, 3.63) is 54.4 Å². The van der Waals surface area contributed by atoms with Crippen molar-refractivity contribution in [2.45, 2.75) is 31.8 Å². The van der Waals surface area contributed by atoms with E-state index in [-0.39, 0.29) is 0 Å². The number of hydrogen-bond donors (Lipinski definition) is 1. The summed E-state index contributed by atoms with van der Waals surface area (Å²) in [6.45, 7) is 5.72. The average molecular weight is 338 g/mol. The Balaban J connectivity index is 1.28. The zero-order valence-electron chi connectivity index (χ0n) is 14.7. The zero-order chi connectivity index (χ0) is 17.2. The Bertz CT molecular complexity index is 675. The average Bonchev–Trinajstić information content (AvgIpc) is 3.14. The van der Waals surface area contributed by atoms with Gasteiger partial charge in [-0.15, -0.1) is 0 Å². The van der Waals surface area contributed by atoms with E-state index in [9.17, 15) is 5.11 Å². The lowest BCUT2D eigenvalue weighted by Crippen LogP contribution is -2.28. The normalized spacial score (nSPS) is 27.2. The summed E-state index contributed by atoms with van der Waals surface area (Å²) in [4.78, 5) is 6.73. The highest BCUT2D eigenvalue weighted by molar-refractivity contribution is 5.28. The molecule has 0 amide bonds. The molecule has 4 rings (SSSR count). The highest BCUT2D eigenvalue weighted by Crippen LogP contribution is 2.40. The Hall–Kier alpha value is -2.07. The lowest BCUT2D eigenvalue weighted by atomic mass is 10.0. The third kappa shape index (κ3) is 3.79. The summed E-state index contributed by atoms with van der Waals surface area (Å²) in [5.74, 6) is 3.24. The third-order valence-corrected chi connectivity index (χ3v) is 5.71. The minimum Gasteiger partial charge on any atom is -0.508 e. The van der Waals surface area contributed by atoms with E-state index in [1.54, 1.807) is 24.5 Å². The van der Waals surface area contributed by atoms with Crippen molar-refractivity contribution >= 4 is 0 Å². The smallest absolute Gasteiger partial charge is 0.137 e. The van der Waals surface area contributed by atoms with Crippen LogP contribution >= 0.6 is 0 Å². The van der Waals surface area contributed by atoms with E-state index in [2.05, 4.69) is 16.8 Å². The van der Waals surface area contributed by atoms with Crippen LogP contribution in [0.15, 0.2) is 48.8 Å². The van der Waals surface area contributed by atoms with E-state index in [0.29, 0.717) is 17.8 Å². The third-order valence-electron chi connectivity index (χ3n) is 5.71. The maximum Gasteiger partial charge on any atom is 0.137 e. The van der Waals surface area contributed by atoms with Crippen LogP contribution in [-0.4, -0.2) is 40.7 Å². The molecule has 0 spiro atoms. The van der Waals surface area contributed by atoms with Crippen molar-refractivity contribution in [2.24, 2.45) is 11.8 Å². The largest absolute Gasteiger partial charge is 0.508 e. The minimum atomic E-state index is 0.339. The van der Waals surface area contributed by atoms with E-state index < -0.39 is 0 Å². The second-order valence-electron chi connectivity index (χ2n) is 7.63. The van der Waals surface area contributed by atoms with Crippen LogP contribution in [0.5, 0.6) is 11.5 Å². The second kappa shape index (κ2) is 7.04. The first kappa shape index (κ1) is 16.4. The Morgan fingerprint density at radius 3 is 2.52 bits per heavy atom. The highest BCUT2D eigenvalue weighted by Gasteiger charge is 2.41. The number of hydrogen-bond acceptors (Lipinski definition) is 4. The van der Waals surface area contributed by atoms with Crippen LogP contribution < -0.4 is 4.74 Å². The summed E-state index contributed by atoms with van der Waals surface area (Å²) >= 11 is 0. The molecule has 2 aliphatic rings. The fourth-order valence-corrected chi connectivity index (χ4v) is 4.49. The first-order valence-electron chi connectivity index (χ1n) is 9.25. The van der Waals surface area contributed by atoms with Gasteiger partial charge in [0.25, 0.3) is 0 Å². The van der Waals surface area contributed by atoms with Gasteiger partial charge in [0.15, 0.2) is 0 Å². The molecule has 1 saturated heterocycles. The van der Waals surface area contributed by atoms with Gasteiger partial charge in [-0.1, -0.05) is 19.1 Å². The molecule has 1 aromatic carbocycles. The molecule has 0 bridgehead atoms. The number of phenolic OH excluding ortho intramolecular Hbond substituents is 1. The van der Waals surface area contributed by atoms with Gasteiger partial charge in [-0.3, -0.25) is 4.98 Å². The first-order chi connectivity index (χ1) is 12.2. The molecule has 25 heavy (non-hydrogen) atoms. The van der Waals surface area contributed by atoms with E-state index in [1.807, 2.05) is 24.3 Å². The summed E-state index contributed by atoms with van der Waals surface area (Å²) in [5, 5.41) is 9.44. The van der Waals surface area contributed by atoms with Crippen molar-refractivity contribution in [3.63, 3.8) is 0 Å². The molecule has 3 unspecified atom stereocenters. The number of phenols is 1. The van der Waals surface area contributed by atoms with Crippen molar-refractivity contribution in [1.82, 2.24) is 9.88 Å². The predicted molar refractivity (Wildman–Crippen MR) is 97.8 cm³/mol. The van der Waals surface area contributed by atoms with Gasteiger partial charge in [-0.2, -0.15) is 0 Å². The van der Waals surface area contributed by atoms with Gasteiger partial charge in [-0.05, 0) is 60.4 Å². The number of likely N-dealkylation sites (tertiary alicyclic amines) is 1. The molecule has 2 heterocycles. The summed E-state index contributed by atoms with van der Waals surface area (Å²) in [7, 11) is 0. The molecular formula is C21H26N2O2. The fourth-order valence-electron chi connectivity index (χ4n) is 4.49. The summed E-state index contributed by atoms with van der Waals surface area (Å²) < 4.78 is 6.10. The van der Waals surface area contributed by atoms with E-state index in [1.165, 1.54) is 18.7 Å². The monoisotopic (exact) mass is 338 g/mol. The van der Waals surface area contributed by atoms with Crippen molar-refractivity contribution in [3.8, 4) is 11.5 Å². The van der Waals surface area contributed by atoms with Crippen LogP contribution in [0.4, 0.5) is 0 Å². The number of ether oxygens (including phenoxy) is 1. The summed E-state index contributed by atoms with van der Waals surface area (Å²) in [5.41, 5.74) is 1.30. The van der Waals surface area contributed by atoms with Crippen LogP contribution in [0.2, 0.25) is 0 Å². The van der Waals surface area contributed by atoms with Crippen LogP contribution in [-0.2, 0) is 0 Å². The van der Waals surface area contributed by atoms with Gasteiger partial charge in [0.05, 0.1) is 12.3 Å². The molecule has 1 saturated carbocycles. The van der Waals surface area contributed by atoms with Crippen molar-refractivity contribution in [2.75, 3.05) is 19.6 Å². The molecular weight excluding hydrogens is 312 g/mol. The van der Waals surface area contributed by atoms with Crippen molar-refractivity contribution in [1.29, 1.82) is 0 Å². The fraction of sp³-hybridized carbons (Fsp3) is 0.476. The molecule has 1 aliphatic carbocycles. The highest BCUT2D eigenvalue weighted by atomic mass is 16.5. The molecule has 132 valence electrons. The van der Waals surface area contributed by atoms with Crippen LogP contribution in [0.1, 0.15) is 31.2 Å². The number of benzene rings is 1. The molecule has 4 nitrogen and oxygen atoms in total. The topological polar surface area (TPSA) is 45.6 Å². The SMILES string of the molecule is CC(CN1CC2CC(Oc3cccnc3)C[C@H]2C1)c1ccc(O)cc1. The maximum absolute atomic E-state index is 9.44. The van der Waals surface area contributed by atoms with E-state index >= 15 is 0 Å². The Kier molecular flexibility index (Phi) is 4.62. The van der Waals surface area contributed by atoms with Gasteiger partial charge in [0, 0.05) is 25.8 Å². The van der Waals surface area contributed by atoms with Gasteiger partial charge < -0.3 is 14.7 Å². The zero-order valence-corrected chi connectivity index (χ0v) is 14.7. The van der Waals surface area contributed by atoms with Gasteiger partial charge >= 0.3 is 0 Å². The van der Waals surface area contributed by atoms with Gasteiger partial charge in [-0.25, -0.2) is 0 Å². The standard InChI is InChI=1S/C21H26N2O2/c1-15(16-4-6-19(24)7-5-16)12-23-13-17-9-21(10-18(17)14-23)25-20-3-2-8-22-11-20/h2-8,11,15,17-18,21,24H,9-10,12-14H2,1H3/t15?,17-,18?,21?/m0/s1. The van der Waals surface area contributed by atoms with E-state index in [0.717, 1.165) is 37.0 Å². The Labute approximate surface area is 149 Å². The summed E-state index contributed by atoms with van der Waals surface area (Å²) in [6, 6.07) is 11.6. The Morgan fingerprint density at radius 2 is 1.88 bits per heavy atom. The predicted octanol–water partition coefficient (Wildman–Crippen LogP) is 3.68. The Morgan fingerprint density at radius 1 is 1.16 bits per heavy atom. The lowest BCUT2D eigenvalue weighted by molar-refractivity contribution is 0.184. The molecule has 1 aromatic heterocycles. The number of nitrogens with zero attached hydrogens (tertiary/aromatic N) is 2. The number of aromatic nitrogens is 1. The summed E-state index contributed by atoms with van der Waals surface area (Å²) in [6.07, 6.45) is 6.24. The molecule has 1 N–H and O–H groups in total. The number of pyridine rings is 1. The molecule has 4 heteroatoms. The maximum atomic E-state index is 9.44. The minimum absolute atomic E-state index is 0.339. The first-order valence-corrected chi connectivity index (χ1v) is 9.25. The van der Waals surface area contributed by atoms with E-state index in [4.69, 9.17) is 4.74 Å². The van der Waals surface area contributed by atoms with Crippen LogP contribution in [0, 0.1) is 11.8 Å². The van der Waals surface area contributed by atoms with Crippen LogP contribution in [0.3, 0.4) is 0 Å². The number of fused-ring (bicyclic) bond motifs is 1. The van der Waals surface area contributed by atoms with Gasteiger partial charge in [0.2, 0.25) is 0 Å².